The Morgan fingerprint density at radius 2 is 2.03 bits per heavy atom. The van der Waals surface area contributed by atoms with E-state index in [0.29, 0.717) is 35.2 Å². The number of hydrogen-bond acceptors (Lipinski definition) is 6. The zero-order valence-electron chi connectivity index (χ0n) is 17.5. The molecule has 0 fully saturated rings. The second-order valence-corrected chi connectivity index (χ2v) is 9.21. The third-order valence-corrected chi connectivity index (χ3v) is 6.43. The van der Waals surface area contributed by atoms with E-state index in [2.05, 4.69) is 19.9 Å². The number of carbonyl (C=O) groups is 1. The van der Waals surface area contributed by atoms with E-state index in [0.717, 1.165) is 0 Å². The number of halogens is 1. The van der Waals surface area contributed by atoms with E-state index in [-0.39, 0.29) is 35.7 Å². The Morgan fingerprint density at radius 3 is 2.75 bits per heavy atom. The smallest absolute Gasteiger partial charge is 0.240 e. The molecule has 168 valence electrons. The number of nitrogens with zero attached hydrogens (tertiary/aromatic N) is 3. The Labute approximate surface area is 184 Å². The zero-order valence-corrected chi connectivity index (χ0v) is 18.3. The van der Waals surface area contributed by atoms with Crippen molar-refractivity contribution in [3.63, 3.8) is 0 Å². The van der Waals surface area contributed by atoms with Crippen LogP contribution in [0.15, 0.2) is 47.4 Å². The summed E-state index contributed by atoms with van der Waals surface area (Å²) >= 11 is 0. The summed E-state index contributed by atoms with van der Waals surface area (Å²) < 4.78 is 46.8. The van der Waals surface area contributed by atoms with Gasteiger partial charge < -0.3 is 9.64 Å². The molecule has 1 atom stereocenters. The van der Waals surface area contributed by atoms with Gasteiger partial charge in [0.25, 0.3) is 0 Å². The molecule has 2 N–H and O–H groups in total. The molecule has 1 aromatic heterocycles. The Morgan fingerprint density at radius 1 is 1.28 bits per heavy atom. The van der Waals surface area contributed by atoms with Crippen LogP contribution in [0.2, 0.25) is 0 Å². The van der Waals surface area contributed by atoms with E-state index in [4.69, 9.17) is 4.74 Å². The number of sulfonamides is 1. The molecule has 9 nitrogen and oxygen atoms in total. The van der Waals surface area contributed by atoms with Gasteiger partial charge in [-0.05, 0) is 49.4 Å². The Kier molecular flexibility index (Phi) is 5.94. The molecule has 0 saturated carbocycles. The van der Waals surface area contributed by atoms with Crippen molar-refractivity contribution < 1.29 is 22.3 Å². The molecule has 0 saturated heterocycles. The van der Waals surface area contributed by atoms with Crippen LogP contribution in [0, 0.1) is 5.82 Å². The molecule has 2 heterocycles. The van der Waals surface area contributed by atoms with Crippen molar-refractivity contribution in [1.82, 2.24) is 19.9 Å². The van der Waals surface area contributed by atoms with Crippen LogP contribution in [0.4, 0.5) is 10.1 Å². The van der Waals surface area contributed by atoms with Gasteiger partial charge in [0, 0.05) is 25.5 Å². The van der Waals surface area contributed by atoms with Gasteiger partial charge in [-0.3, -0.25) is 9.89 Å². The zero-order chi connectivity index (χ0) is 22.9. The summed E-state index contributed by atoms with van der Waals surface area (Å²) in [5, 5.41) is 6.84. The first kappa shape index (κ1) is 21.9. The lowest BCUT2D eigenvalue weighted by atomic mass is 10.2. The topological polar surface area (TPSA) is 117 Å². The number of amides is 1. The molecule has 2 aromatic carbocycles. The molecule has 11 heteroatoms. The van der Waals surface area contributed by atoms with Crippen molar-refractivity contribution in [3.05, 3.63) is 54.1 Å². The number of benzene rings is 2. The van der Waals surface area contributed by atoms with Crippen LogP contribution in [0.5, 0.6) is 5.75 Å². The summed E-state index contributed by atoms with van der Waals surface area (Å²) in [6, 6.07) is 10.2. The molecule has 1 unspecified atom stereocenters. The summed E-state index contributed by atoms with van der Waals surface area (Å²) in [4.78, 5) is 17.8. The number of anilines is 1. The van der Waals surface area contributed by atoms with Crippen LogP contribution in [-0.2, 0) is 21.2 Å². The van der Waals surface area contributed by atoms with E-state index < -0.39 is 10.0 Å². The van der Waals surface area contributed by atoms with E-state index in [1.165, 1.54) is 36.1 Å². The van der Waals surface area contributed by atoms with Gasteiger partial charge in [0.1, 0.15) is 23.5 Å². The Bertz CT molecular complexity index is 1240. The van der Waals surface area contributed by atoms with Gasteiger partial charge in [-0.15, -0.1) is 0 Å². The number of nitrogens with one attached hydrogen (secondary N) is 2. The maximum Gasteiger partial charge on any atom is 0.240 e. The van der Waals surface area contributed by atoms with Crippen LogP contribution >= 0.6 is 0 Å². The Balaban J connectivity index is 1.44. The largest absolute Gasteiger partial charge is 0.487 e. The molecule has 0 radical (unpaired) electrons. The van der Waals surface area contributed by atoms with Crippen molar-refractivity contribution in [2.75, 3.05) is 18.0 Å². The summed E-state index contributed by atoms with van der Waals surface area (Å²) in [6.07, 6.45) is 0.0900. The van der Waals surface area contributed by atoms with E-state index in [9.17, 15) is 17.6 Å². The molecule has 32 heavy (non-hydrogen) atoms. The molecule has 3 aromatic rings. The van der Waals surface area contributed by atoms with Gasteiger partial charge in [-0.2, -0.15) is 5.10 Å². The maximum atomic E-state index is 13.1. The lowest BCUT2D eigenvalue weighted by molar-refractivity contribution is -0.117. The first-order valence-corrected chi connectivity index (χ1v) is 11.5. The number of ether oxygens (including phenoxy) is 1. The minimum absolute atomic E-state index is 0.0326. The number of H-pyrrole nitrogens is 1. The minimum Gasteiger partial charge on any atom is -0.487 e. The van der Waals surface area contributed by atoms with Gasteiger partial charge in [-0.25, -0.2) is 22.5 Å². The quantitative estimate of drug-likeness (QED) is 0.584. The first-order chi connectivity index (χ1) is 15.2. The first-order valence-electron chi connectivity index (χ1n) is 9.98. The number of fused-ring (bicyclic) bond motifs is 1. The SMILES string of the molecule is CC(=O)N1CC(C)Oc2ccc(S(=O)(=O)NCCc3nc(-c4ccc(F)cc4)n[nH]3)cc21. The molecule has 4 rings (SSSR count). The van der Waals surface area contributed by atoms with E-state index >= 15 is 0 Å². The molecular formula is C21H22FN5O4S. The van der Waals surface area contributed by atoms with E-state index in [1.54, 1.807) is 18.2 Å². The number of carbonyl (C=O) groups excluding carboxylic acids is 1. The molecule has 0 spiro atoms. The number of aromatic nitrogens is 3. The lowest BCUT2D eigenvalue weighted by Gasteiger charge is -2.33. The fourth-order valence-electron chi connectivity index (χ4n) is 3.40. The average molecular weight is 460 g/mol. The highest BCUT2D eigenvalue weighted by Gasteiger charge is 2.27. The summed E-state index contributed by atoms with van der Waals surface area (Å²) in [5.74, 6) is 0.811. The van der Waals surface area contributed by atoms with Gasteiger partial charge in [0.15, 0.2) is 5.82 Å². The fraction of sp³-hybridized carbons (Fsp3) is 0.286. The third-order valence-electron chi connectivity index (χ3n) is 4.97. The van der Waals surface area contributed by atoms with Crippen LogP contribution in [0.25, 0.3) is 11.4 Å². The number of hydrogen-bond donors (Lipinski definition) is 2. The van der Waals surface area contributed by atoms with Crippen molar-refractivity contribution in [3.8, 4) is 17.1 Å². The van der Waals surface area contributed by atoms with Gasteiger partial charge >= 0.3 is 0 Å². The highest BCUT2D eigenvalue weighted by Crippen LogP contribution is 2.35. The van der Waals surface area contributed by atoms with Gasteiger partial charge in [0.2, 0.25) is 15.9 Å². The van der Waals surface area contributed by atoms with Crippen molar-refractivity contribution in [2.24, 2.45) is 0 Å². The molecule has 0 bridgehead atoms. The van der Waals surface area contributed by atoms with Crippen molar-refractivity contribution in [2.45, 2.75) is 31.3 Å². The number of aromatic amines is 1. The third kappa shape index (κ3) is 4.63. The predicted molar refractivity (Wildman–Crippen MR) is 115 cm³/mol. The monoisotopic (exact) mass is 459 g/mol. The summed E-state index contributed by atoms with van der Waals surface area (Å²) in [6.45, 7) is 3.71. The molecular weight excluding hydrogens is 437 g/mol. The predicted octanol–water partition coefficient (Wildman–Crippen LogP) is 2.27. The molecule has 0 aliphatic carbocycles. The van der Waals surface area contributed by atoms with Gasteiger partial charge in [0.05, 0.1) is 17.1 Å². The average Bonchev–Trinajstić information content (AvgIpc) is 3.22. The molecule has 1 amide bonds. The normalized spacial score (nSPS) is 15.8. The van der Waals surface area contributed by atoms with Crippen molar-refractivity contribution >= 4 is 21.6 Å². The summed E-state index contributed by atoms with van der Waals surface area (Å²) in [5.41, 5.74) is 1.08. The number of rotatable bonds is 6. The van der Waals surface area contributed by atoms with Crippen LogP contribution < -0.4 is 14.4 Å². The van der Waals surface area contributed by atoms with Crippen molar-refractivity contribution in [1.29, 1.82) is 0 Å². The highest BCUT2D eigenvalue weighted by molar-refractivity contribution is 7.89. The summed E-state index contributed by atoms with van der Waals surface area (Å²) in [7, 11) is -3.82. The van der Waals surface area contributed by atoms with E-state index in [1.807, 2.05) is 6.92 Å². The van der Waals surface area contributed by atoms with Gasteiger partial charge in [-0.1, -0.05) is 0 Å². The maximum absolute atomic E-state index is 13.1. The molecule has 1 aliphatic rings. The van der Waals surface area contributed by atoms with Crippen LogP contribution in [0.1, 0.15) is 19.7 Å². The standard InChI is InChI=1S/C21H22FN5O4S/c1-13-12-27(14(2)28)18-11-17(7-8-19(18)31-13)32(29,30)23-10-9-20-24-21(26-25-20)15-3-5-16(22)6-4-15/h3-8,11,13,23H,9-10,12H2,1-2H3,(H,24,25,26). The molecule has 1 aliphatic heterocycles. The second kappa shape index (κ2) is 8.67. The highest BCUT2D eigenvalue weighted by atomic mass is 32.2. The minimum atomic E-state index is -3.82. The van der Waals surface area contributed by atoms with Crippen LogP contribution in [0.3, 0.4) is 0 Å². The second-order valence-electron chi connectivity index (χ2n) is 7.45. The van der Waals surface area contributed by atoms with Crippen LogP contribution in [-0.4, -0.2) is 48.7 Å². The lowest BCUT2D eigenvalue weighted by Crippen LogP contribution is -2.41. The Hall–Kier alpha value is -3.31. The fourth-order valence-corrected chi connectivity index (χ4v) is 4.46.